The number of hydrogen-bond acceptors (Lipinski definition) is 2. The molecule has 3 heterocycles. The molecular weight excluding hydrogens is 266 g/mol. The lowest BCUT2D eigenvalue weighted by molar-refractivity contribution is -0.110. The van der Waals surface area contributed by atoms with Gasteiger partial charge in [-0.15, -0.1) is 0 Å². The molecule has 5 heteroatoms. The van der Waals surface area contributed by atoms with Crippen molar-refractivity contribution < 1.29 is 9.59 Å². The molecule has 0 unspecified atom stereocenters. The van der Waals surface area contributed by atoms with Gasteiger partial charge in [-0.3, -0.25) is 9.59 Å². The Hall–Kier alpha value is -2.82. The molecule has 0 aliphatic carbocycles. The predicted molar refractivity (Wildman–Crippen MR) is 79.8 cm³/mol. The summed E-state index contributed by atoms with van der Waals surface area (Å²) in [6.07, 6.45) is 2.58. The van der Waals surface area contributed by atoms with Gasteiger partial charge >= 0.3 is 0 Å². The molecule has 0 saturated carbocycles. The molecule has 0 fully saturated rings. The van der Waals surface area contributed by atoms with Gasteiger partial charge in [0.2, 0.25) is 0 Å². The van der Waals surface area contributed by atoms with E-state index in [9.17, 15) is 9.59 Å². The number of fused-ring (bicyclic) bond motifs is 2. The zero-order valence-corrected chi connectivity index (χ0v) is 11.2. The third-order valence-electron chi connectivity index (χ3n) is 3.84. The molecule has 2 aliphatic rings. The van der Waals surface area contributed by atoms with E-state index in [4.69, 9.17) is 0 Å². The third kappa shape index (κ3) is 1.86. The summed E-state index contributed by atoms with van der Waals surface area (Å²) in [7, 11) is 0. The number of carbonyl (C=O) groups is 2. The molecule has 2 aromatic rings. The number of benzene rings is 1. The zero-order valence-electron chi connectivity index (χ0n) is 11.2. The molecule has 3 N–H and O–H groups in total. The van der Waals surface area contributed by atoms with Gasteiger partial charge in [-0.1, -0.05) is 18.2 Å². The van der Waals surface area contributed by atoms with Crippen LogP contribution in [0.1, 0.15) is 27.3 Å². The first kappa shape index (κ1) is 12.0. The van der Waals surface area contributed by atoms with Gasteiger partial charge < -0.3 is 15.6 Å². The van der Waals surface area contributed by atoms with Crippen molar-refractivity contribution in [3.05, 3.63) is 52.8 Å². The van der Waals surface area contributed by atoms with E-state index < -0.39 is 0 Å². The van der Waals surface area contributed by atoms with Crippen LogP contribution in [0.15, 0.2) is 30.3 Å². The molecule has 1 aromatic carbocycles. The quantitative estimate of drug-likeness (QED) is 0.696. The molecule has 2 aliphatic heterocycles. The second-order valence-corrected chi connectivity index (χ2v) is 5.18. The Morgan fingerprint density at radius 3 is 2.76 bits per heavy atom. The van der Waals surface area contributed by atoms with Gasteiger partial charge in [0.25, 0.3) is 11.8 Å². The van der Waals surface area contributed by atoms with Crippen molar-refractivity contribution >= 4 is 29.2 Å². The molecule has 0 saturated heterocycles. The van der Waals surface area contributed by atoms with Crippen LogP contribution < -0.4 is 10.6 Å². The number of nitrogens with one attached hydrogen (secondary N) is 3. The maximum absolute atomic E-state index is 12.1. The van der Waals surface area contributed by atoms with Crippen molar-refractivity contribution in [2.75, 3.05) is 11.9 Å². The number of carbonyl (C=O) groups excluding carboxylic acids is 2. The van der Waals surface area contributed by atoms with Gasteiger partial charge in [-0.05, 0) is 18.2 Å². The van der Waals surface area contributed by atoms with Gasteiger partial charge in [0.15, 0.2) is 0 Å². The second-order valence-electron chi connectivity index (χ2n) is 5.18. The van der Waals surface area contributed by atoms with Crippen molar-refractivity contribution in [1.82, 2.24) is 10.3 Å². The summed E-state index contributed by atoms with van der Waals surface area (Å²) in [5, 5.41) is 5.65. The Balaban J connectivity index is 1.79. The van der Waals surface area contributed by atoms with Crippen molar-refractivity contribution in [2.24, 2.45) is 0 Å². The minimum absolute atomic E-state index is 0.0616. The van der Waals surface area contributed by atoms with E-state index in [1.807, 2.05) is 24.3 Å². The fourth-order valence-electron chi connectivity index (χ4n) is 2.83. The summed E-state index contributed by atoms with van der Waals surface area (Å²) in [6.45, 7) is 0.645. The minimum Gasteiger partial charge on any atom is -0.358 e. The molecule has 0 spiro atoms. The lowest BCUT2D eigenvalue weighted by atomic mass is 10.1. The normalized spacial score (nSPS) is 18.2. The zero-order chi connectivity index (χ0) is 14.4. The summed E-state index contributed by atoms with van der Waals surface area (Å²) in [6, 6.07) is 9.38. The highest BCUT2D eigenvalue weighted by Gasteiger charge is 2.24. The summed E-state index contributed by atoms with van der Waals surface area (Å²) in [5.74, 6) is -0.179. The highest BCUT2D eigenvalue weighted by Crippen LogP contribution is 2.32. The van der Waals surface area contributed by atoms with Gasteiger partial charge in [0.1, 0.15) is 0 Å². The number of rotatable bonds is 1. The fourth-order valence-corrected chi connectivity index (χ4v) is 2.83. The Labute approximate surface area is 121 Å². The maximum Gasteiger partial charge on any atom is 0.256 e. The van der Waals surface area contributed by atoms with E-state index >= 15 is 0 Å². The summed E-state index contributed by atoms with van der Waals surface area (Å²) < 4.78 is 0. The van der Waals surface area contributed by atoms with Gasteiger partial charge in [0.05, 0.1) is 11.1 Å². The average molecular weight is 279 g/mol. The van der Waals surface area contributed by atoms with Crippen molar-refractivity contribution in [1.29, 1.82) is 0 Å². The molecule has 21 heavy (non-hydrogen) atoms. The number of para-hydroxylation sites is 1. The number of amides is 2. The monoisotopic (exact) mass is 279 g/mol. The van der Waals surface area contributed by atoms with Crippen LogP contribution in [0.5, 0.6) is 0 Å². The number of aromatic amines is 1. The first-order valence-electron chi connectivity index (χ1n) is 6.85. The smallest absolute Gasteiger partial charge is 0.256 e. The van der Waals surface area contributed by atoms with E-state index in [0.717, 1.165) is 29.1 Å². The van der Waals surface area contributed by atoms with E-state index in [2.05, 4.69) is 15.6 Å². The molecular formula is C16H13N3O2. The van der Waals surface area contributed by atoms with Crippen molar-refractivity contribution in [2.45, 2.75) is 6.42 Å². The Morgan fingerprint density at radius 2 is 1.90 bits per heavy atom. The van der Waals surface area contributed by atoms with Crippen LogP contribution in [0.25, 0.3) is 11.6 Å². The van der Waals surface area contributed by atoms with E-state index in [1.54, 1.807) is 12.1 Å². The maximum atomic E-state index is 12.1. The highest BCUT2D eigenvalue weighted by atomic mass is 16.2. The number of hydrogen-bond donors (Lipinski definition) is 3. The molecule has 4 rings (SSSR count). The van der Waals surface area contributed by atoms with Gasteiger partial charge in [-0.2, -0.15) is 0 Å². The van der Waals surface area contributed by atoms with E-state index in [-0.39, 0.29) is 11.8 Å². The van der Waals surface area contributed by atoms with Crippen LogP contribution in [0.2, 0.25) is 0 Å². The first-order valence-corrected chi connectivity index (χ1v) is 6.85. The van der Waals surface area contributed by atoms with Crippen LogP contribution in [0.3, 0.4) is 0 Å². The standard InChI is InChI=1S/C16H13N3O2/c20-15-12-8-9(18-14(12)5-6-17-15)7-11-10-3-1-2-4-13(10)19-16(11)21/h1-4,7-8,18H,5-6H2,(H,17,20)(H,19,21). The Bertz CT molecular complexity index is 802. The lowest BCUT2D eigenvalue weighted by Gasteiger charge is -2.10. The number of H-pyrrole nitrogens is 1. The second kappa shape index (κ2) is 4.34. The number of aromatic nitrogens is 1. The van der Waals surface area contributed by atoms with Crippen molar-refractivity contribution in [3.63, 3.8) is 0 Å². The van der Waals surface area contributed by atoms with Gasteiger partial charge in [-0.25, -0.2) is 0 Å². The molecule has 0 atom stereocenters. The van der Waals surface area contributed by atoms with E-state index in [0.29, 0.717) is 17.7 Å². The molecule has 0 bridgehead atoms. The Kier molecular flexibility index (Phi) is 2.47. The SMILES string of the molecule is O=C1Nc2ccccc2C1=Cc1cc2c([nH]1)CCNC2=O. The van der Waals surface area contributed by atoms with Crippen LogP contribution in [-0.2, 0) is 11.2 Å². The molecule has 2 amide bonds. The van der Waals surface area contributed by atoms with Crippen LogP contribution in [0, 0.1) is 0 Å². The summed E-state index contributed by atoms with van der Waals surface area (Å²) >= 11 is 0. The predicted octanol–water partition coefficient (Wildman–Crippen LogP) is 1.79. The molecule has 0 radical (unpaired) electrons. The van der Waals surface area contributed by atoms with Crippen LogP contribution in [-0.4, -0.2) is 23.3 Å². The molecule has 104 valence electrons. The average Bonchev–Trinajstić information content (AvgIpc) is 3.02. The molecule has 5 nitrogen and oxygen atoms in total. The Morgan fingerprint density at radius 1 is 1.05 bits per heavy atom. The van der Waals surface area contributed by atoms with Gasteiger partial charge in [0, 0.05) is 35.6 Å². The van der Waals surface area contributed by atoms with Crippen LogP contribution in [0.4, 0.5) is 5.69 Å². The lowest BCUT2D eigenvalue weighted by Crippen LogP contribution is -2.31. The number of anilines is 1. The summed E-state index contributed by atoms with van der Waals surface area (Å²) in [5.41, 5.74) is 4.70. The molecule has 1 aromatic heterocycles. The fraction of sp³-hybridized carbons (Fsp3) is 0.125. The topological polar surface area (TPSA) is 74.0 Å². The highest BCUT2D eigenvalue weighted by molar-refractivity contribution is 6.34. The van der Waals surface area contributed by atoms with E-state index in [1.165, 1.54) is 0 Å². The van der Waals surface area contributed by atoms with Crippen LogP contribution >= 0.6 is 0 Å². The third-order valence-corrected chi connectivity index (χ3v) is 3.84. The largest absolute Gasteiger partial charge is 0.358 e. The summed E-state index contributed by atoms with van der Waals surface area (Å²) in [4.78, 5) is 27.1. The first-order chi connectivity index (χ1) is 10.2. The van der Waals surface area contributed by atoms with Crippen molar-refractivity contribution in [3.8, 4) is 0 Å². The minimum atomic E-state index is -0.117.